The number of thioether (sulfide) groups is 1. The molecule has 2 aromatic rings. The number of rotatable bonds is 5. The number of hydrogen-bond acceptors (Lipinski definition) is 4. The van der Waals surface area contributed by atoms with E-state index in [-0.39, 0.29) is 16.5 Å². The maximum absolute atomic E-state index is 12.7. The van der Waals surface area contributed by atoms with Crippen molar-refractivity contribution in [1.29, 1.82) is 0 Å². The van der Waals surface area contributed by atoms with Gasteiger partial charge < -0.3 is 9.64 Å². The Morgan fingerprint density at radius 2 is 2.33 bits per heavy atom. The molecule has 0 bridgehead atoms. The van der Waals surface area contributed by atoms with Gasteiger partial charge in [-0.15, -0.1) is 18.2 Å². The predicted octanol–water partition coefficient (Wildman–Crippen LogP) is 5.27. The zero-order valence-electron chi connectivity index (χ0n) is 15.3. The van der Waals surface area contributed by atoms with Crippen LogP contribution in [0.1, 0.15) is 23.7 Å². The Labute approximate surface area is 168 Å². The molecule has 0 unspecified atom stereocenters. The van der Waals surface area contributed by atoms with Crippen LogP contribution in [-0.2, 0) is 0 Å². The summed E-state index contributed by atoms with van der Waals surface area (Å²) < 4.78 is 5.41. The topological polar surface area (TPSA) is 42.4 Å². The lowest BCUT2D eigenvalue weighted by Gasteiger charge is -2.38. The number of benzene rings is 1. The van der Waals surface area contributed by atoms with Crippen LogP contribution in [0.25, 0.3) is 10.9 Å². The smallest absolute Gasteiger partial charge is 0.282 e. The normalized spacial score (nSPS) is 26.1. The number of aromatic nitrogens is 1. The van der Waals surface area contributed by atoms with Gasteiger partial charge in [0.2, 0.25) is 0 Å². The van der Waals surface area contributed by atoms with Gasteiger partial charge in [-0.05, 0) is 54.5 Å². The number of allylic oxidation sites excluding steroid dienone is 1. The minimum atomic E-state index is 0.0960. The monoisotopic (exact) mass is 402 g/mol. The van der Waals surface area contributed by atoms with E-state index >= 15 is 0 Å². The molecular formula is C21H23ClN2O2S. The fourth-order valence-corrected chi connectivity index (χ4v) is 6.06. The van der Waals surface area contributed by atoms with E-state index < -0.39 is 0 Å². The summed E-state index contributed by atoms with van der Waals surface area (Å²) in [5.41, 5.74) is 2.09. The lowest BCUT2D eigenvalue weighted by molar-refractivity contribution is 0.138. The number of alkyl halides is 1. The molecule has 1 aromatic carbocycles. The number of carbonyl (C=O) groups is 1. The van der Waals surface area contributed by atoms with Crippen molar-refractivity contribution >= 4 is 39.5 Å². The highest BCUT2D eigenvalue weighted by atomic mass is 35.5. The first-order chi connectivity index (χ1) is 13.2. The quantitative estimate of drug-likeness (QED) is 0.504. The van der Waals surface area contributed by atoms with E-state index in [0.717, 1.165) is 41.6 Å². The fraction of sp³-hybridized carbons (Fsp3) is 0.429. The third-order valence-electron chi connectivity index (χ3n) is 5.87. The predicted molar refractivity (Wildman–Crippen MR) is 112 cm³/mol. The second kappa shape index (κ2) is 7.72. The second-order valence-corrected chi connectivity index (χ2v) is 8.59. The van der Waals surface area contributed by atoms with Crippen LogP contribution in [0.2, 0.25) is 0 Å². The van der Waals surface area contributed by atoms with E-state index in [1.807, 2.05) is 41.4 Å². The van der Waals surface area contributed by atoms with Crippen molar-refractivity contribution in [2.24, 2.45) is 11.8 Å². The Balaban J connectivity index is 1.72. The summed E-state index contributed by atoms with van der Waals surface area (Å²) in [7, 11) is 1.67. The molecule has 3 heterocycles. The fourth-order valence-electron chi connectivity index (χ4n) is 4.36. The Morgan fingerprint density at radius 1 is 1.48 bits per heavy atom. The van der Waals surface area contributed by atoms with Crippen LogP contribution in [0.15, 0.2) is 43.1 Å². The third kappa shape index (κ3) is 3.32. The van der Waals surface area contributed by atoms with Gasteiger partial charge in [0, 0.05) is 30.0 Å². The molecule has 0 spiro atoms. The molecule has 2 saturated heterocycles. The Morgan fingerprint density at radius 3 is 3.07 bits per heavy atom. The molecule has 2 aliphatic rings. The van der Waals surface area contributed by atoms with Crippen LogP contribution in [-0.4, -0.2) is 40.7 Å². The van der Waals surface area contributed by atoms with Gasteiger partial charge in [-0.3, -0.25) is 9.78 Å². The highest BCUT2D eigenvalue weighted by Crippen LogP contribution is 2.50. The summed E-state index contributed by atoms with van der Waals surface area (Å²) in [4.78, 5) is 19.2. The molecule has 2 aliphatic heterocycles. The minimum Gasteiger partial charge on any atom is -0.497 e. The summed E-state index contributed by atoms with van der Waals surface area (Å²) in [6.07, 6.45) is 5.76. The summed E-state index contributed by atoms with van der Waals surface area (Å²) in [6, 6.07) is 8.15. The zero-order valence-corrected chi connectivity index (χ0v) is 16.9. The molecule has 6 heteroatoms. The summed E-state index contributed by atoms with van der Waals surface area (Å²) in [5, 5.41) is 1.33. The SMILES string of the molecule is C=C[C@@H](CCl)[C@H]1CCN2C(=O)S[C@@H](c3ccnc4ccc(OC)cc34)[C@@H]2C1. The number of halogens is 1. The molecule has 1 aromatic heterocycles. The number of hydrogen-bond donors (Lipinski definition) is 0. The molecule has 142 valence electrons. The Kier molecular flexibility index (Phi) is 5.33. The van der Waals surface area contributed by atoms with Crippen molar-refractivity contribution in [2.75, 3.05) is 19.5 Å². The molecule has 0 radical (unpaired) electrons. The average Bonchev–Trinajstić information content (AvgIpc) is 3.04. The van der Waals surface area contributed by atoms with E-state index in [1.54, 1.807) is 7.11 Å². The first-order valence-electron chi connectivity index (χ1n) is 9.24. The highest BCUT2D eigenvalue weighted by Gasteiger charge is 2.46. The van der Waals surface area contributed by atoms with Crippen LogP contribution in [0, 0.1) is 11.8 Å². The minimum absolute atomic E-state index is 0.0960. The Hall–Kier alpha value is -1.72. The van der Waals surface area contributed by atoms with Crippen LogP contribution < -0.4 is 4.74 Å². The molecule has 2 fully saturated rings. The van der Waals surface area contributed by atoms with E-state index in [2.05, 4.69) is 11.6 Å². The number of amides is 1. The van der Waals surface area contributed by atoms with E-state index in [1.165, 1.54) is 11.8 Å². The zero-order chi connectivity index (χ0) is 19.0. The largest absolute Gasteiger partial charge is 0.497 e. The molecule has 4 nitrogen and oxygen atoms in total. The molecule has 0 N–H and O–H groups in total. The number of pyridine rings is 1. The van der Waals surface area contributed by atoms with Crippen LogP contribution in [0.3, 0.4) is 0 Å². The molecule has 0 saturated carbocycles. The van der Waals surface area contributed by atoms with E-state index in [9.17, 15) is 4.79 Å². The number of ether oxygens (including phenoxy) is 1. The maximum atomic E-state index is 12.7. The van der Waals surface area contributed by atoms with Crippen LogP contribution in [0.4, 0.5) is 4.79 Å². The summed E-state index contributed by atoms with van der Waals surface area (Å²) >= 11 is 7.60. The van der Waals surface area contributed by atoms with Gasteiger partial charge in [-0.1, -0.05) is 17.8 Å². The van der Waals surface area contributed by atoms with Gasteiger partial charge >= 0.3 is 0 Å². The summed E-state index contributed by atoms with van der Waals surface area (Å²) in [6.45, 7) is 4.75. The van der Waals surface area contributed by atoms with Crippen molar-refractivity contribution in [1.82, 2.24) is 9.88 Å². The van der Waals surface area contributed by atoms with Gasteiger partial charge in [0.05, 0.1) is 17.9 Å². The lowest BCUT2D eigenvalue weighted by Crippen LogP contribution is -2.43. The number of fused-ring (bicyclic) bond motifs is 2. The van der Waals surface area contributed by atoms with Gasteiger partial charge in [-0.25, -0.2) is 0 Å². The van der Waals surface area contributed by atoms with Gasteiger partial charge in [0.1, 0.15) is 5.75 Å². The molecule has 1 amide bonds. The number of nitrogens with zero attached hydrogens (tertiary/aromatic N) is 2. The van der Waals surface area contributed by atoms with Crippen molar-refractivity contribution in [3.63, 3.8) is 0 Å². The summed E-state index contributed by atoms with van der Waals surface area (Å²) in [5.74, 6) is 2.16. The van der Waals surface area contributed by atoms with E-state index in [4.69, 9.17) is 16.3 Å². The van der Waals surface area contributed by atoms with Crippen molar-refractivity contribution in [3.05, 3.63) is 48.7 Å². The molecular weight excluding hydrogens is 380 g/mol. The van der Waals surface area contributed by atoms with Crippen molar-refractivity contribution in [3.8, 4) is 5.75 Å². The second-order valence-electron chi connectivity index (χ2n) is 7.19. The average molecular weight is 403 g/mol. The number of carbonyl (C=O) groups excluding carboxylic acids is 1. The molecule has 4 rings (SSSR count). The third-order valence-corrected chi connectivity index (χ3v) is 7.49. The van der Waals surface area contributed by atoms with Gasteiger partial charge in [0.15, 0.2) is 0 Å². The van der Waals surface area contributed by atoms with Crippen LogP contribution in [0.5, 0.6) is 5.75 Å². The number of methoxy groups -OCH3 is 1. The lowest BCUT2D eigenvalue weighted by atomic mass is 9.80. The molecule has 27 heavy (non-hydrogen) atoms. The Bertz CT molecular complexity index is 874. The molecule has 0 aliphatic carbocycles. The first-order valence-corrected chi connectivity index (χ1v) is 10.7. The highest BCUT2D eigenvalue weighted by molar-refractivity contribution is 8.14. The standard InChI is InChI=1S/C21H23ClN2O2S/c1-3-13(12-22)14-7-9-24-19(10-14)20(27-21(24)25)16-6-8-23-18-5-4-15(26-2)11-17(16)18/h3-6,8,11,13-14,19-20H,1,7,9-10,12H2,2H3/t13-,14-,19-,20-/m0/s1. The van der Waals surface area contributed by atoms with Crippen molar-refractivity contribution < 1.29 is 9.53 Å². The van der Waals surface area contributed by atoms with Gasteiger partial charge in [0.25, 0.3) is 5.24 Å². The van der Waals surface area contributed by atoms with E-state index in [0.29, 0.717) is 17.7 Å². The number of piperidine rings is 1. The van der Waals surface area contributed by atoms with Crippen LogP contribution >= 0.6 is 23.4 Å². The first kappa shape index (κ1) is 18.6. The molecule has 4 atom stereocenters. The maximum Gasteiger partial charge on any atom is 0.282 e. The van der Waals surface area contributed by atoms with Gasteiger partial charge in [-0.2, -0.15) is 0 Å². The van der Waals surface area contributed by atoms with Crippen molar-refractivity contribution in [2.45, 2.75) is 24.1 Å².